The van der Waals surface area contributed by atoms with Crippen molar-refractivity contribution in [1.29, 1.82) is 0 Å². The lowest BCUT2D eigenvalue weighted by Crippen LogP contribution is -2.28. The second-order valence-corrected chi connectivity index (χ2v) is 3.48. The van der Waals surface area contributed by atoms with E-state index in [1.807, 2.05) is 18.3 Å². The number of aliphatic hydroxyl groups excluding tert-OH is 1. The van der Waals surface area contributed by atoms with Crippen molar-refractivity contribution in [3.63, 3.8) is 0 Å². The SMILES string of the molecule is CCC(N)C(CCO)c1cccnc1. The molecule has 0 radical (unpaired) electrons. The number of pyridine rings is 1. The maximum absolute atomic E-state index is 8.97. The van der Waals surface area contributed by atoms with Gasteiger partial charge in [0.05, 0.1) is 0 Å². The minimum Gasteiger partial charge on any atom is -0.396 e. The van der Waals surface area contributed by atoms with Crippen molar-refractivity contribution in [2.45, 2.75) is 31.7 Å². The Kier molecular flexibility index (Phi) is 4.56. The van der Waals surface area contributed by atoms with Crippen molar-refractivity contribution in [3.8, 4) is 0 Å². The highest BCUT2D eigenvalue weighted by molar-refractivity contribution is 5.16. The zero-order valence-electron chi connectivity index (χ0n) is 8.56. The van der Waals surface area contributed by atoms with Gasteiger partial charge in [0.25, 0.3) is 0 Å². The summed E-state index contributed by atoms with van der Waals surface area (Å²) < 4.78 is 0. The molecule has 0 saturated carbocycles. The lowest BCUT2D eigenvalue weighted by molar-refractivity contribution is 0.266. The molecule has 0 spiro atoms. The standard InChI is InChI=1S/C11H18N2O/c1-2-11(12)10(5-7-14)9-4-3-6-13-8-9/h3-4,6,8,10-11,14H,2,5,7,12H2,1H3. The summed E-state index contributed by atoms with van der Waals surface area (Å²) in [4.78, 5) is 4.07. The van der Waals surface area contributed by atoms with Gasteiger partial charge in [-0.3, -0.25) is 4.98 Å². The molecular formula is C11H18N2O. The Balaban J connectivity index is 2.77. The third-order valence-corrected chi connectivity index (χ3v) is 2.54. The van der Waals surface area contributed by atoms with Crippen LogP contribution in [-0.2, 0) is 0 Å². The first kappa shape index (κ1) is 11.1. The zero-order valence-corrected chi connectivity index (χ0v) is 8.56. The van der Waals surface area contributed by atoms with Gasteiger partial charge in [0.2, 0.25) is 0 Å². The van der Waals surface area contributed by atoms with Crippen molar-refractivity contribution in [1.82, 2.24) is 4.98 Å². The summed E-state index contributed by atoms with van der Waals surface area (Å²) >= 11 is 0. The van der Waals surface area contributed by atoms with E-state index >= 15 is 0 Å². The average molecular weight is 194 g/mol. The molecule has 0 aliphatic carbocycles. The summed E-state index contributed by atoms with van der Waals surface area (Å²) in [6, 6.07) is 4.02. The first-order chi connectivity index (χ1) is 6.79. The minimum atomic E-state index is 0.103. The van der Waals surface area contributed by atoms with Gasteiger partial charge < -0.3 is 10.8 Å². The first-order valence-electron chi connectivity index (χ1n) is 5.06. The Morgan fingerprint density at radius 2 is 2.36 bits per heavy atom. The normalized spacial score (nSPS) is 15.1. The van der Waals surface area contributed by atoms with E-state index in [1.165, 1.54) is 0 Å². The fraction of sp³-hybridized carbons (Fsp3) is 0.545. The maximum atomic E-state index is 8.97. The fourth-order valence-electron chi connectivity index (χ4n) is 1.65. The van der Waals surface area contributed by atoms with Crippen LogP contribution in [0.2, 0.25) is 0 Å². The molecule has 2 unspecified atom stereocenters. The molecule has 0 saturated heterocycles. The van der Waals surface area contributed by atoms with Gasteiger partial charge in [-0.25, -0.2) is 0 Å². The van der Waals surface area contributed by atoms with E-state index in [4.69, 9.17) is 10.8 Å². The molecule has 3 nitrogen and oxygen atoms in total. The second-order valence-electron chi connectivity index (χ2n) is 3.48. The van der Waals surface area contributed by atoms with Crippen molar-refractivity contribution in [3.05, 3.63) is 30.1 Å². The van der Waals surface area contributed by atoms with E-state index in [-0.39, 0.29) is 18.6 Å². The Bertz CT molecular complexity index is 251. The maximum Gasteiger partial charge on any atom is 0.0437 e. The molecule has 0 bridgehead atoms. The highest BCUT2D eigenvalue weighted by atomic mass is 16.3. The van der Waals surface area contributed by atoms with Crippen molar-refractivity contribution < 1.29 is 5.11 Å². The van der Waals surface area contributed by atoms with Gasteiger partial charge >= 0.3 is 0 Å². The molecule has 0 aliphatic rings. The quantitative estimate of drug-likeness (QED) is 0.742. The van der Waals surface area contributed by atoms with Crippen LogP contribution in [0.1, 0.15) is 31.2 Å². The summed E-state index contributed by atoms with van der Waals surface area (Å²) in [6.45, 7) is 2.23. The molecule has 1 heterocycles. The molecule has 1 aromatic rings. The summed E-state index contributed by atoms with van der Waals surface area (Å²) in [5.41, 5.74) is 7.12. The number of nitrogens with two attached hydrogens (primary N) is 1. The van der Waals surface area contributed by atoms with Crippen molar-refractivity contribution >= 4 is 0 Å². The van der Waals surface area contributed by atoms with Crippen molar-refractivity contribution in [2.24, 2.45) is 5.73 Å². The van der Waals surface area contributed by atoms with Crippen molar-refractivity contribution in [2.75, 3.05) is 6.61 Å². The van der Waals surface area contributed by atoms with E-state index in [0.29, 0.717) is 6.42 Å². The van der Waals surface area contributed by atoms with E-state index in [9.17, 15) is 0 Å². The van der Waals surface area contributed by atoms with Crippen LogP contribution in [0.3, 0.4) is 0 Å². The summed E-state index contributed by atoms with van der Waals surface area (Å²) in [5, 5.41) is 8.97. The van der Waals surface area contributed by atoms with Crippen LogP contribution < -0.4 is 5.73 Å². The number of nitrogens with zero attached hydrogens (tertiary/aromatic N) is 1. The average Bonchev–Trinajstić information content (AvgIpc) is 2.26. The molecule has 0 fully saturated rings. The highest BCUT2D eigenvalue weighted by Gasteiger charge is 2.17. The third kappa shape index (κ3) is 2.79. The van der Waals surface area contributed by atoms with Gasteiger partial charge in [0, 0.05) is 31.0 Å². The zero-order chi connectivity index (χ0) is 10.4. The van der Waals surface area contributed by atoms with Gasteiger partial charge in [-0.15, -0.1) is 0 Å². The van der Waals surface area contributed by atoms with Crippen LogP contribution >= 0.6 is 0 Å². The Morgan fingerprint density at radius 3 is 2.86 bits per heavy atom. The monoisotopic (exact) mass is 194 g/mol. The molecule has 0 aromatic carbocycles. The molecule has 78 valence electrons. The smallest absolute Gasteiger partial charge is 0.0437 e. The largest absolute Gasteiger partial charge is 0.396 e. The van der Waals surface area contributed by atoms with E-state index in [1.54, 1.807) is 6.20 Å². The predicted molar refractivity (Wildman–Crippen MR) is 56.9 cm³/mol. The van der Waals surface area contributed by atoms with Crippen LogP contribution in [0.4, 0.5) is 0 Å². The molecule has 1 aromatic heterocycles. The Hall–Kier alpha value is -0.930. The molecule has 3 heteroatoms. The molecule has 14 heavy (non-hydrogen) atoms. The van der Waals surface area contributed by atoms with E-state index < -0.39 is 0 Å². The minimum absolute atomic E-state index is 0.103. The molecule has 3 N–H and O–H groups in total. The van der Waals surface area contributed by atoms with Gasteiger partial charge in [-0.1, -0.05) is 13.0 Å². The lowest BCUT2D eigenvalue weighted by Gasteiger charge is -2.22. The molecule has 1 rings (SSSR count). The second kappa shape index (κ2) is 5.73. The Morgan fingerprint density at radius 1 is 1.57 bits per heavy atom. The number of hydrogen-bond acceptors (Lipinski definition) is 3. The van der Waals surface area contributed by atoms with Gasteiger partial charge in [-0.2, -0.15) is 0 Å². The number of hydrogen-bond donors (Lipinski definition) is 2. The van der Waals surface area contributed by atoms with Gasteiger partial charge in [0.1, 0.15) is 0 Å². The molecule has 0 aliphatic heterocycles. The van der Waals surface area contributed by atoms with Gasteiger partial charge in [-0.05, 0) is 24.5 Å². The summed E-state index contributed by atoms with van der Waals surface area (Å²) in [7, 11) is 0. The van der Waals surface area contributed by atoms with Crippen LogP contribution in [0.15, 0.2) is 24.5 Å². The topological polar surface area (TPSA) is 59.1 Å². The molecule has 2 atom stereocenters. The van der Waals surface area contributed by atoms with Gasteiger partial charge in [0.15, 0.2) is 0 Å². The summed E-state index contributed by atoms with van der Waals surface area (Å²) in [5.74, 6) is 0.221. The summed E-state index contributed by atoms with van der Waals surface area (Å²) in [6.07, 6.45) is 5.20. The molecular weight excluding hydrogens is 176 g/mol. The highest BCUT2D eigenvalue weighted by Crippen LogP contribution is 2.22. The van der Waals surface area contributed by atoms with Crippen LogP contribution in [0, 0.1) is 0 Å². The number of aliphatic hydroxyl groups is 1. The first-order valence-corrected chi connectivity index (χ1v) is 5.06. The fourth-order valence-corrected chi connectivity index (χ4v) is 1.65. The number of rotatable bonds is 5. The predicted octanol–water partition coefficient (Wildman–Crippen LogP) is 1.28. The number of aromatic nitrogens is 1. The third-order valence-electron chi connectivity index (χ3n) is 2.54. The van der Waals surface area contributed by atoms with E-state index in [0.717, 1.165) is 12.0 Å². The van der Waals surface area contributed by atoms with Crippen LogP contribution in [0.5, 0.6) is 0 Å². The Labute approximate surface area is 85.0 Å². The molecule has 0 amide bonds. The lowest BCUT2D eigenvalue weighted by atomic mass is 9.89. The van der Waals surface area contributed by atoms with E-state index in [2.05, 4.69) is 11.9 Å². The van der Waals surface area contributed by atoms with Crippen LogP contribution in [-0.4, -0.2) is 22.7 Å². The van der Waals surface area contributed by atoms with Crippen LogP contribution in [0.25, 0.3) is 0 Å².